The van der Waals surface area contributed by atoms with Crippen LogP contribution in [0.2, 0.25) is 0 Å². The Morgan fingerprint density at radius 1 is 0.750 bits per heavy atom. The summed E-state index contributed by atoms with van der Waals surface area (Å²) in [7, 11) is 0. The van der Waals surface area contributed by atoms with Gasteiger partial charge in [0, 0.05) is 0 Å². The van der Waals surface area contributed by atoms with E-state index in [4.69, 9.17) is 5.11 Å². The minimum Gasteiger partial charge on any atom is -0.478 e. The van der Waals surface area contributed by atoms with Crippen LogP contribution in [0.4, 0.5) is 26.3 Å². The Hall–Kier alpha value is -2.51. The molecule has 0 bridgehead atoms. The zero-order valence-corrected chi connectivity index (χ0v) is 11.8. The Labute approximate surface area is 132 Å². The van der Waals surface area contributed by atoms with Gasteiger partial charge in [0.1, 0.15) is 0 Å². The van der Waals surface area contributed by atoms with Crippen LogP contribution in [-0.4, -0.2) is 23.4 Å². The van der Waals surface area contributed by atoms with Gasteiger partial charge in [0.05, 0.1) is 5.56 Å². The van der Waals surface area contributed by atoms with Crippen LogP contribution in [0.3, 0.4) is 0 Å². The summed E-state index contributed by atoms with van der Waals surface area (Å²) in [5.41, 5.74) is -7.98. The lowest BCUT2D eigenvalue weighted by Crippen LogP contribution is -2.55. The van der Waals surface area contributed by atoms with Crippen LogP contribution in [-0.2, 0) is 5.41 Å². The maximum atomic E-state index is 13.8. The smallest absolute Gasteiger partial charge is 0.411 e. The van der Waals surface area contributed by atoms with Crippen molar-refractivity contribution in [3.63, 3.8) is 0 Å². The molecule has 1 N–H and O–H groups in total. The van der Waals surface area contributed by atoms with Crippen LogP contribution in [0.15, 0.2) is 54.6 Å². The molecule has 8 heteroatoms. The second-order valence-electron chi connectivity index (χ2n) is 4.96. The molecule has 2 nitrogen and oxygen atoms in total. The molecule has 0 aliphatic rings. The molecular formula is C16H10F6O2. The van der Waals surface area contributed by atoms with Crippen LogP contribution in [0.25, 0.3) is 0 Å². The van der Waals surface area contributed by atoms with E-state index in [1.54, 1.807) is 0 Å². The van der Waals surface area contributed by atoms with Crippen molar-refractivity contribution in [1.29, 1.82) is 0 Å². The number of carboxylic acids is 1. The number of halogens is 6. The van der Waals surface area contributed by atoms with E-state index < -0.39 is 40.4 Å². The molecule has 0 spiro atoms. The standard InChI is InChI=1S/C16H10F6O2/c17-15(18,19)14(16(20,21)22,10-6-2-1-3-7-10)12-9-5-4-8-11(12)13(23)24/h1-9H,(H,23,24). The van der Waals surface area contributed by atoms with Gasteiger partial charge in [0.25, 0.3) is 0 Å². The third-order valence-corrected chi connectivity index (χ3v) is 3.62. The van der Waals surface area contributed by atoms with Gasteiger partial charge in [-0.15, -0.1) is 0 Å². The fourth-order valence-corrected chi connectivity index (χ4v) is 2.63. The number of benzene rings is 2. The summed E-state index contributed by atoms with van der Waals surface area (Å²) >= 11 is 0. The SMILES string of the molecule is O=C(O)c1ccccc1C(c1ccccc1)(C(F)(F)F)C(F)(F)F. The number of carboxylic acid groups (broad SMARTS) is 1. The van der Waals surface area contributed by atoms with Gasteiger partial charge in [-0.3, -0.25) is 0 Å². The highest BCUT2D eigenvalue weighted by atomic mass is 19.4. The Morgan fingerprint density at radius 2 is 1.21 bits per heavy atom. The average molecular weight is 348 g/mol. The first-order valence-corrected chi connectivity index (χ1v) is 6.55. The summed E-state index contributed by atoms with van der Waals surface area (Å²) < 4.78 is 82.6. The minimum absolute atomic E-state index is 0.539. The Kier molecular flexibility index (Phi) is 4.34. The Morgan fingerprint density at radius 3 is 1.67 bits per heavy atom. The summed E-state index contributed by atoms with van der Waals surface area (Å²) in [6.45, 7) is 0. The van der Waals surface area contributed by atoms with E-state index in [1.165, 1.54) is 6.07 Å². The third-order valence-electron chi connectivity index (χ3n) is 3.62. The largest absolute Gasteiger partial charge is 0.478 e. The molecule has 0 saturated heterocycles. The molecule has 2 rings (SSSR count). The molecule has 0 heterocycles. The molecule has 0 aliphatic heterocycles. The first-order valence-electron chi connectivity index (χ1n) is 6.55. The molecule has 24 heavy (non-hydrogen) atoms. The van der Waals surface area contributed by atoms with E-state index in [1.807, 2.05) is 0 Å². The predicted molar refractivity (Wildman–Crippen MR) is 72.7 cm³/mol. The van der Waals surface area contributed by atoms with Crippen LogP contribution < -0.4 is 0 Å². The van der Waals surface area contributed by atoms with Gasteiger partial charge in [-0.2, -0.15) is 26.3 Å². The molecule has 0 fully saturated rings. The number of rotatable bonds is 3. The zero-order chi connectivity index (χ0) is 18.2. The summed E-state index contributed by atoms with van der Waals surface area (Å²) in [5, 5.41) is 9.07. The van der Waals surface area contributed by atoms with E-state index >= 15 is 0 Å². The van der Waals surface area contributed by atoms with E-state index in [-0.39, 0.29) is 0 Å². The maximum Gasteiger partial charge on any atom is 0.411 e. The molecule has 0 unspecified atom stereocenters. The number of alkyl halides is 6. The molecule has 0 amide bonds. The summed E-state index contributed by atoms with van der Waals surface area (Å²) in [4.78, 5) is 11.2. The van der Waals surface area contributed by atoms with Crippen LogP contribution in [0, 0.1) is 0 Å². The predicted octanol–water partition coefficient (Wildman–Crippen LogP) is 4.80. The number of aromatic carboxylic acids is 1. The van der Waals surface area contributed by atoms with E-state index in [0.29, 0.717) is 24.3 Å². The van der Waals surface area contributed by atoms with Crippen molar-refractivity contribution >= 4 is 5.97 Å². The molecule has 2 aromatic rings. The fourth-order valence-electron chi connectivity index (χ4n) is 2.63. The van der Waals surface area contributed by atoms with E-state index in [9.17, 15) is 31.1 Å². The second kappa shape index (κ2) is 5.85. The lowest BCUT2D eigenvalue weighted by molar-refractivity contribution is -0.288. The number of hydrogen-bond donors (Lipinski definition) is 1. The van der Waals surface area contributed by atoms with Gasteiger partial charge in [-0.25, -0.2) is 4.79 Å². The second-order valence-corrected chi connectivity index (χ2v) is 4.96. The summed E-state index contributed by atoms with van der Waals surface area (Å²) in [6, 6.07) is 7.95. The molecule has 0 radical (unpaired) electrons. The monoisotopic (exact) mass is 348 g/mol. The normalized spacial score (nSPS) is 12.9. The van der Waals surface area contributed by atoms with Crippen LogP contribution in [0.1, 0.15) is 21.5 Å². The highest BCUT2D eigenvalue weighted by Crippen LogP contribution is 2.56. The van der Waals surface area contributed by atoms with Gasteiger partial charge in [0.2, 0.25) is 5.41 Å². The van der Waals surface area contributed by atoms with Crippen molar-refractivity contribution in [2.24, 2.45) is 0 Å². The molecule has 0 aromatic heterocycles. The minimum atomic E-state index is -5.81. The molecule has 0 aliphatic carbocycles. The third kappa shape index (κ3) is 2.61. The average Bonchev–Trinajstić information content (AvgIpc) is 2.46. The van der Waals surface area contributed by atoms with Crippen molar-refractivity contribution in [1.82, 2.24) is 0 Å². The van der Waals surface area contributed by atoms with E-state index in [2.05, 4.69) is 0 Å². The Balaban J connectivity index is 3.01. The lowest BCUT2D eigenvalue weighted by atomic mass is 9.71. The Bertz CT molecular complexity index is 720. The summed E-state index contributed by atoms with van der Waals surface area (Å²) in [6.07, 6.45) is -11.6. The zero-order valence-electron chi connectivity index (χ0n) is 11.8. The first-order chi connectivity index (χ1) is 11.0. The van der Waals surface area contributed by atoms with Crippen molar-refractivity contribution < 1.29 is 36.2 Å². The lowest BCUT2D eigenvalue weighted by Gasteiger charge is -2.38. The molecule has 0 atom stereocenters. The molecule has 128 valence electrons. The van der Waals surface area contributed by atoms with Gasteiger partial charge >= 0.3 is 18.3 Å². The number of hydrogen-bond acceptors (Lipinski definition) is 1. The van der Waals surface area contributed by atoms with Gasteiger partial charge in [-0.05, 0) is 17.2 Å². The van der Waals surface area contributed by atoms with Gasteiger partial charge in [-0.1, -0.05) is 48.5 Å². The van der Waals surface area contributed by atoms with Crippen molar-refractivity contribution in [3.8, 4) is 0 Å². The van der Waals surface area contributed by atoms with Crippen LogP contribution >= 0.6 is 0 Å². The van der Waals surface area contributed by atoms with E-state index in [0.717, 1.165) is 24.3 Å². The molecule has 0 saturated carbocycles. The highest BCUT2D eigenvalue weighted by molar-refractivity contribution is 5.90. The van der Waals surface area contributed by atoms with Crippen LogP contribution in [0.5, 0.6) is 0 Å². The van der Waals surface area contributed by atoms with Gasteiger partial charge < -0.3 is 5.11 Å². The van der Waals surface area contributed by atoms with Crippen molar-refractivity contribution in [2.45, 2.75) is 17.8 Å². The molecule has 2 aromatic carbocycles. The van der Waals surface area contributed by atoms with Gasteiger partial charge in [0.15, 0.2) is 0 Å². The van der Waals surface area contributed by atoms with Crippen molar-refractivity contribution in [2.75, 3.05) is 0 Å². The topological polar surface area (TPSA) is 37.3 Å². The first kappa shape index (κ1) is 17.8. The maximum absolute atomic E-state index is 13.8. The fraction of sp³-hybridized carbons (Fsp3) is 0.188. The highest BCUT2D eigenvalue weighted by Gasteiger charge is 2.73. The number of carbonyl (C=O) groups is 1. The quantitative estimate of drug-likeness (QED) is 0.810. The van der Waals surface area contributed by atoms with Crippen molar-refractivity contribution in [3.05, 3.63) is 71.3 Å². The summed E-state index contributed by atoms with van der Waals surface area (Å²) in [5.74, 6) is -1.88. The molecular weight excluding hydrogens is 338 g/mol.